The average Bonchev–Trinajstić information content (AvgIpc) is 2.61. The molecular formula is C10H9N2O2-. The number of rotatable bonds is 2. The van der Waals surface area contributed by atoms with Crippen molar-refractivity contribution < 1.29 is 9.84 Å². The van der Waals surface area contributed by atoms with E-state index in [-0.39, 0.29) is 5.95 Å². The predicted molar refractivity (Wildman–Crippen MR) is 48.1 cm³/mol. The van der Waals surface area contributed by atoms with E-state index in [1.165, 1.54) is 0 Å². The molecule has 0 spiro atoms. The van der Waals surface area contributed by atoms with Crippen molar-refractivity contribution in [1.29, 1.82) is 0 Å². The second-order valence-corrected chi connectivity index (χ2v) is 2.80. The van der Waals surface area contributed by atoms with Crippen molar-refractivity contribution in [3.63, 3.8) is 0 Å². The zero-order valence-corrected chi connectivity index (χ0v) is 7.73. The maximum absolute atomic E-state index is 11.3. The molecule has 0 fully saturated rings. The normalized spacial score (nSPS) is 16.6. The molecule has 1 aromatic rings. The molecule has 4 nitrogen and oxygen atoms in total. The smallest absolute Gasteiger partial charge is 0.0893 e. The first-order valence-corrected chi connectivity index (χ1v) is 4.36. The topological polar surface area (TPSA) is 57.5 Å². The Morgan fingerprint density at radius 2 is 2.43 bits per heavy atom. The molecule has 1 aliphatic heterocycles. The van der Waals surface area contributed by atoms with Crippen LogP contribution in [0.5, 0.6) is 0 Å². The van der Waals surface area contributed by atoms with Crippen LogP contribution >= 0.6 is 0 Å². The molecule has 0 saturated carbocycles. The Labute approximate surface area is 80.9 Å². The highest BCUT2D eigenvalue weighted by Crippen LogP contribution is 2.05. The fraction of sp³-hybridized carbons (Fsp3) is 0.200. The summed E-state index contributed by atoms with van der Waals surface area (Å²) in [6.45, 7) is 2.13. The molecule has 0 N–H and O–H groups in total. The number of allylic oxidation sites excluding steroid dienone is 1. The summed E-state index contributed by atoms with van der Waals surface area (Å²) in [6.07, 6.45) is 4.99. The van der Waals surface area contributed by atoms with Gasteiger partial charge in [0.15, 0.2) is 0 Å². The molecule has 0 saturated heterocycles. The van der Waals surface area contributed by atoms with Crippen LogP contribution in [0.4, 0.5) is 0 Å². The van der Waals surface area contributed by atoms with Gasteiger partial charge in [-0.1, -0.05) is 6.92 Å². The van der Waals surface area contributed by atoms with E-state index in [0.29, 0.717) is 12.3 Å². The van der Waals surface area contributed by atoms with Gasteiger partial charge < -0.3 is 9.84 Å². The Morgan fingerprint density at radius 1 is 1.57 bits per heavy atom. The summed E-state index contributed by atoms with van der Waals surface area (Å²) in [5, 5.41) is 12.9. The first-order chi connectivity index (χ1) is 6.81. The molecule has 72 valence electrons. The second-order valence-electron chi connectivity index (χ2n) is 2.80. The van der Waals surface area contributed by atoms with E-state index in [0.717, 1.165) is 10.6 Å². The molecule has 1 aliphatic rings. The molecule has 2 rings (SSSR count). The van der Waals surface area contributed by atoms with Gasteiger partial charge in [0.05, 0.1) is 23.2 Å². The lowest BCUT2D eigenvalue weighted by molar-refractivity contribution is -0.357. The summed E-state index contributed by atoms with van der Waals surface area (Å²) in [5.74, 6) is -0.385. The van der Waals surface area contributed by atoms with Gasteiger partial charge in [0.25, 0.3) is 0 Å². The number of fused-ring (bicyclic) bond motifs is 1. The predicted octanol–water partition coefficient (Wildman–Crippen LogP) is -0.939. The van der Waals surface area contributed by atoms with Gasteiger partial charge in [-0.25, -0.2) is 4.99 Å². The van der Waals surface area contributed by atoms with E-state index in [1.807, 2.05) is 6.07 Å². The fourth-order valence-corrected chi connectivity index (χ4v) is 1.23. The van der Waals surface area contributed by atoms with Crippen LogP contribution in [-0.2, 0) is 4.74 Å². The van der Waals surface area contributed by atoms with Crippen molar-refractivity contribution in [1.82, 2.24) is 4.98 Å². The van der Waals surface area contributed by atoms with Crippen LogP contribution in [0.1, 0.15) is 6.92 Å². The van der Waals surface area contributed by atoms with Gasteiger partial charge in [0, 0.05) is 11.4 Å². The zero-order valence-electron chi connectivity index (χ0n) is 7.73. The average molecular weight is 189 g/mol. The maximum atomic E-state index is 11.3. The second kappa shape index (κ2) is 3.49. The first kappa shape index (κ1) is 8.74. The highest BCUT2D eigenvalue weighted by molar-refractivity contribution is 5.48. The molecule has 4 heteroatoms. The Hall–Kier alpha value is -1.84. The molecule has 0 radical (unpaired) electrons. The van der Waals surface area contributed by atoms with E-state index in [4.69, 9.17) is 4.74 Å². The molecule has 0 bridgehead atoms. The highest BCUT2D eigenvalue weighted by Gasteiger charge is 2.01. The van der Waals surface area contributed by atoms with E-state index < -0.39 is 0 Å². The summed E-state index contributed by atoms with van der Waals surface area (Å²) in [5.41, 5.74) is 0.342. The molecular weight excluding hydrogens is 180 g/mol. The van der Waals surface area contributed by atoms with E-state index in [1.54, 1.807) is 25.4 Å². The fourth-order valence-electron chi connectivity index (χ4n) is 1.23. The van der Waals surface area contributed by atoms with Crippen LogP contribution < -0.4 is 15.7 Å². The number of pyridine rings is 1. The minimum Gasteiger partial charge on any atom is -0.612 e. The van der Waals surface area contributed by atoms with E-state index in [2.05, 4.69) is 9.98 Å². The van der Waals surface area contributed by atoms with Gasteiger partial charge >= 0.3 is 0 Å². The molecule has 0 amide bonds. The lowest BCUT2D eigenvalue weighted by Crippen LogP contribution is -2.20. The maximum Gasteiger partial charge on any atom is 0.0893 e. The molecule has 0 unspecified atom stereocenters. The van der Waals surface area contributed by atoms with Crippen molar-refractivity contribution in [3.8, 4) is 0 Å². The monoisotopic (exact) mass is 189 g/mol. The summed E-state index contributed by atoms with van der Waals surface area (Å²) < 4.78 is 4.84. The number of aromatic nitrogens is 1. The Balaban J connectivity index is 2.49. The summed E-state index contributed by atoms with van der Waals surface area (Å²) in [7, 11) is 0. The lowest BCUT2D eigenvalue weighted by atomic mass is 10.3. The molecule has 0 atom stereocenters. The minimum absolute atomic E-state index is 0.342. The van der Waals surface area contributed by atoms with Crippen molar-refractivity contribution in [2.75, 3.05) is 6.61 Å². The number of ether oxygens (including phenoxy) is 1. The highest BCUT2D eigenvalue weighted by atomic mass is 16.6. The summed E-state index contributed by atoms with van der Waals surface area (Å²) in [4.78, 5) is 8.01. The number of hydrogen-bond donors (Lipinski definition) is 0. The van der Waals surface area contributed by atoms with Crippen LogP contribution in [0.3, 0.4) is 0 Å². The zero-order chi connectivity index (χ0) is 9.97. The molecule has 2 heterocycles. The van der Waals surface area contributed by atoms with Crippen LogP contribution in [0.25, 0.3) is 6.08 Å². The molecule has 0 aliphatic carbocycles. The largest absolute Gasteiger partial charge is 0.612 e. The third kappa shape index (κ3) is 1.46. The van der Waals surface area contributed by atoms with E-state index in [9.17, 15) is 5.11 Å². The van der Waals surface area contributed by atoms with Gasteiger partial charge in [-0.3, -0.25) is 4.98 Å². The third-order valence-corrected chi connectivity index (χ3v) is 1.85. The Bertz CT molecular complexity index is 454. The van der Waals surface area contributed by atoms with Gasteiger partial charge in [0.1, 0.15) is 0 Å². The van der Waals surface area contributed by atoms with Gasteiger partial charge in [-0.2, -0.15) is 0 Å². The van der Waals surface area contributed by atoms with Crippen molar-refractivity contribution >= 4 is 6.08 Å². The van der Waals surface area contributed by atoms with Crippen LogP contribution in [-0.4, -0.2) is 11.6 Å². The molecule has 0 aromatic carbocycles. The van der Waals surface area contributed by atoms with Gasteiger partial charge in [0.2, 0.25) is 0 Å². The van der Waals surface area contributed by atoms with E-state index >= 15 is 0 Å². The first-order valence-electron chi connectivity index (χ1n) is 4.36. The van der Waals surface area contributed by atoms with Crippen LogP contribution in [0.2, 0.25) is 0 Å². The number of hydrogen-bond acceptors (Lipinski definition) is 4. The van der Waals surface area contributed by atoms with Crippen LogP contribution in [0.15, 0.2) is 35.1 Å². The van der Waals surface area contributed by atoms with Crippen molar-refractivity contribution in [2.24, 2.45) is 4.99 Å². The minimum atomic E-state index is -0.385. The summed E-state index contributed by atoms with van der Waals surface area (Å²) in [6, 6.07) is 1.81. The standard InChI is InChI=1S/C10H10N2O2/c1-2-14-10(13)8-5-7-3-4-11-6-9(7)12-8/h3-6,13H,2H2,1H3/p-1. The molecule has 14 heavy (non-hydrogen) atoms. The Kier molecular flexibility index (Phi) is 2.18. The lowest BCUT2D eigenvalue weighted by Gasteiger charge is -2.12. The van der Waals surface area contributed by atoms with Gasteiger partial charge in [-0.05, 0) is 18.7 Å². The van der Waals surface area contributed by atoms with Crippen molar-refractivity contribution in [2.45, 2.75) is 6.92 Å². The number of nitrogens with zero attached hydrogens (tertiary/aromatic N) is 2. The Morgan fingerprint density at radius 3 is 3.14 bits per heavy atom. The van der Waals surface area contributed by atoms with Crippen molar-refractivity contribution in [3.05, 3.63) is 40.7 Å². The third-order valence-electron chi connectivity index (χ3n) is 1.85. The molecule has 1 aromatic heterocycles. The van der Waals surface area contributed by atoms with Gasteiger partial charge in [-0.15, -0.1) is 0 Å². The SMILES string of the molecule is CCOC([O-])=C1C=c2ccncc2=N1. The van der Waals surface area contributed by atoms with Crippen LogP contribution in [0, 0.1) is 0 Å². The summed E-state index contributed by atoms with van der Waals surface area (Å²) >= 11 is 0. The quantitative estimate of drug-likeness (QED) is 0.564.